The summed E-state index contributed by atoms with van der Waals surface area (Å²) >= 11 is 1.81. The van der Waals surface area contributed by atoms with E-state index in [1.807, 2.05) is 11.3 Å². The molecule has 1 heterocycles. The fraction of sp³-hybridized carbons (Fsp3) is 0.667. The highest BCUT2D eigenvalue weighted by atomic mass is 32.1. The maximum Gasteiger partial charge on any atom is 0.0354 e. The van der Waals surface area contributed by atoms with Crippen molar-refractivity contribution in [3.8, 4) is 0 Å². The highest BCUT2D eigenvalue weighted by molar-refractivity contribution is 7.07. The van der Waals surface area contributed by atoms with Crippen LogP contribution in [0.5, 0.6) is 0 Å². The van der Waals surface area contributed by atoms with Crippen LogP contribution >= 0.6 is 11.3 Å². The SMILES string of the molecule is CNC(c1ccsc1)C1CC2CC2C1. The van der Waals surface area contributed by atoms with Gasteiger partial charge in [-0.05, 0) is 66.5 Å². The van der Waals surface area contributed by atoms with Crippen LogP contribution in [0, 0.1) is 17.8 Å². The Balaban J connectivity index is 1.74. The summed E-state index contributed by atoms with van der Waals surface area (Å²) in [6.45, 7) is 0. The molecule has 1 aromatic heterocycles. The van der Waals surface area contributed by atoms with Gasteiger partial charge in [0.2, 0.25) is 0 Å². The van der Waals surface area contributed by atoms with E-state index >= 15 is 0 Å². The average Bonchev–Trinajstić information content (AvgIpc) is 2.70. The third-order valence-corrected chi connectivity index (χ3v) is 4.67. The Morgan fingerprint density at radius 3 is 2.71 bits per heavy atom. The number of thiophene rings is 1. The third-order valence-electron chi connectivity index (χ3n) is 3.96. The van der Waals surface area contributed by atoms with Crippen molar-refractivity contribution in [1.29, 1.82) is 0 Å². The first-order valence-electron chi connectivity index (χ1n) is 5.58. The molecular formula is C12H17NS. The lowest BCUT2D eigenvalue weighted by Crippen LogP contribution is -2.23. The van der Waals surface area contributed by atoms with Crippen LogP contribution in [0.3, 0.4) is 0 Å². The highest BCUT2D eigenvalue weighted by Gasteiger charge is 2.47. The molecule has 2 saturated carbocycles. The summed E-state index contributed by atoms with van der Waals surface area (Å²) < 4.78 is 0. The standard InChI is InChI=1S/C12H17NS/c1-13-12(8-2-3-14-7-8)11-5-9-4-10(9)6-11/h2-3,7,9-13H,4-6H2,1H3. The Kier molecular flexibility index (Phi) is 2.14. The fourth-order valence-electron chi connectivity index (χ4n) is 3.16. The predicted molar refractivity (Wildman–Crippen MR) is 60.4 cm³/mol. The molecule has 0 aromatic carbocycles. The Bertz CT molecular complexity index is 296. The Morgan fingerprint density at radius 1 is 1.36 bits per heavy atom. The fourth-order valence-corrected chi connectivity index (χ4v) is 3.86. The molecule has 0 amide bonds. The van der Waals surface area contributed by atoms with Gasteiger partial charge in [0.25, 0.3) is 0 Å². The van der Waals surface area contributed by atoms with Crippen molar-refractivity contribution >= 4 is 11.3 Å². The molecule has 0 aliphatic heterocycles. The zero-order valence-corrected chi connectivity index (χ0v) is 9.39. The van der Waals surface area contributed by atoms with Crippen LogP contribution in [-0.4, -0.2) is 7.05 Å². The van der Waals surface area contributed by atoms with E-state index in [2.05, 4.69) is 29.2 Å². The Morgan fingerprint density at radius 2 is 2.14 bits per heavy atom. The van der Waals surface area contributed by atoms with E-state index < -0.39 is 0 Å². The molecule has 2 fully saturated rings. The average molecular weight is 207 g/mol. The smallest absolute Gasteiger partial charge is 0.0354 e. The van der Waals surface area contributed by atoms with E-state index in [9.17, 15) is 0 Å². The second kappa shape index (κ2) is 3.35. The Labute approximate surface area is 89.5 Å². The summed E-state index contributed by atoms with van der Waals surface area (Å²) in [7, 11) is 2.10. The molecule has 2 heteroatoms. The van der Waals surface area contributed by atoms with Crippen molar-refractivity contribution in [2.24, 2.45) is 17.8 Å². The van der Waals surface area contributed by atoms with Gasteiger partial charge >= 0.3 is 0 Å². The minimum absolute atomic E-state index is 0.619. The maximum absolute atomic E-state index is 3.49. The molecule has 2 aliphatic carbocycles. The first kappa shape index (κ1) is 8.93. The monoisotopic (exact) mass is 207 g/mol. The minimum atomic E-state index is 0.619. The zero-order valence-electron chi connectivity index (χ0n) is 8.57. The number of nitrogens with one attached hydrogen (secondary N) is 1. The van der Waals surface area contributed by atoms with Crippen molar-refractivity contribution in [3.05, 3.63) is 22.4 Å². The van der Waals surface area contributed by atoms with Crippen LogP contribution in [-0.2, 0) is 0 Å². The second-order valence-electron chi connectivity index (χ2n) is 4.81. The molecule has 14 heavy (non-hydrogen) atoms. The predicted octanol–water partition coefficient (Wildman–Crippen LogP) is 3.05. The normalized spacial score (nSPS) is 36.8. The summed E-state index contributed by atoms with van der Waals surface area (Å²) in [5, 5.41) is 7.98. The molecule has 3 rings (SSSR count). The van der Waals surface area contributed by atoms with E-state index in [4.69, 9.17) is 0 Å². The van der Waals surface area contributed by atoms with Gasteiger partial charge in [-0.2, -0.15) is 11.3 Å². The van der Waals surface area contributed by atoms with Crippen molar-refractivity contribution in [2.45, 2.75) is 25.3 Å². The largest absolute Gasteiger partial charge is 0.313 e. The van der Waals surface area contributed by atoms with E-state index in [1.54, 1.807) is 0 Å². The van der Waals surface area contributed by atoms with Gasteiger partial charge in [0.05, 0.1) is 0 Å². The molecule has 3 unspecified atom stereocenters. The highest BCUT2D eigenvalue weighted by Crippen LogP contribution is 2.57. The lowest BCUT2D eigenvalue weighted by molar-refractivity contribution is 0.360. The molecule has 1 nitrogen and oxygen atoms in total. The number of rotatable bonds is 3. The minimum Gasteiger partial charge on any atom is -0.313 e. The molecule has 0 radical (unpaired) electrons. The summed E-state index contributed by atoms with van der Waals surface area (Å²) in [6.07, 6.45) is 4.45. The van der Waals surface area contributed by atoms with E-state index in [0.29, 0.717) is 6.04 Å². The molecule has 0 bridgehead atoms. The van der Waals surface area contributed by atoms with Crippen molar-refractivity contribution < 1.29 is 0 Å². The van der Waals surface area contributed by atoms with Gasteiger partial charge < -0.3 is 5.32 Å². The van der Waals surface area contributed by atoms with E-state index in [1.165, 1.54) is 24.8 Å². The van der Waals surface area contributed by atoms with Crippen LogP contribution in [0.2, 0.25) is 0 Å². The topological polar surface area (TPSA) is 12.0 Å². The van der Waals surface area contributed by atoms with Gasteiger partial charge in [0, 0.05) is 6.04 Å². The quantitative estimate of drug-likeness (QED) is 0.803. The van der Waals surface area contributed by atoms with Gasteiger partial charge in [0.15, 0.2) is 0 Å². The molecule has 1 N–H and O–H groups in total. The van der Waals surface area contributed by atoms with Crippen LogP contribution in [0.4, 0.5) is 0 Å². The second-order valence-corrected chi connectivity index (χ2v) is 5.59. The van der Waals surface area contributed by atoms with E-state index in [-0.39, 0.29) is 0 Å². The molecule has 2 aliphatic rings. The van der Waals surface area contributed by atoms with Gasteiger partial charge in [-0.3, -0.25) is 0 Å². The maximum atomic E-state index is 3.49. The summed E-state index contributed by atoms with van der Waals surface area (Å²) in [6, 6.07) is 2.89. The third kappa shape index (κ3) is 1.41. The molecular weight excluding hydrogens is 190 g/mol. The molecule has 0 saturated heterocycles. The van der Waals surface area contributed by atoms with Crippen LogP contribution in [0.25, 0.3) is 0 Å². The van der Waals surface area contributed by atoms with Crippen molar-refractivity contribution in [2.75, 3.05) is 7.05 Å². The van der Waals surface area contributed by atoms with Gasteiger partial charge in [-0.25, -0.2) is 0 Å². The van der Waals surface area contributed by atoms with E-state index in [0.717, 1.165) is 17.8 Å². The van der Waals surface area contributed by atoms with Crippen LogP contribution < -0.4 is 5.32 Å². The molecule has 0 spiro atoms. The number of hydrogen-bond acceptors (Lipinski definition) is 2. The Hall–Kier alpha value is -0.340. The van der Waals surface area contributed by atoms with Crippen molar-refractivity contribution in [1.82, 2.24) is 5.32 Å². The van der Waals surface area contributed by atoms with Crippen LogP contribution in [0.15, 0.2) is 16.8 Å². The summed E-state index contributed by atoms with van der Waals surface area (Å²) in [5.41, 5.74) is 1.50. The molecule has 3 atom stereocenters. The van der Waals surface area contributed by atoms with Crippen molar-refractivity contribution in [3.63, 3.8) is 0 Å². The molecule has 76 valence electrons. The first-order valence-corrected chi connectivity index (χ1v) is 6.52. The summed E-state index contributed by atoms with van der Waals surface area (Å²) in [4.78, 5) is 0. The lowest BCUT2D eigenvalue weighted by atomic mass is 9.91. The summed E-state index contributed by atoms with van der Waals surface area (Å²) in [5.74, 6) is 3.09. The van der Waals surface area contributed by atoms with Gasteiger partial charge in [-0.15, -0.1) is 0 Å². The number of hydrogen-bond donors (Lipinski definition) is 1. The molecule has 1 aromatic rings. The number of fused-ring (bicyclic) bond motifs is 1. The van der Waals surface area contributed by atoms with Crippen LogP contribution in [0.1, 0.15) is 30.9 Å². The van der Waals surface area contributed by atoms with Gasteiger partial charge in [0.1, 0.15) is 0 Å². The first-order chi connectivity index (χ1) is 6.88. The lowest BCUT2D eigenvalue weighted by Gasteiger charge is -2.23. The zero-order chi connectivity index (χ0) is 9.54. The van der Waals surface area contributed by atoms with Gasteiger partial charge in [-0.1, -0.05) is 0 Å².